The molecule has 1 rings (SSSR count). The summed E-state index contributed by atoms with van der Waals surface area (Å²) in [5.41, 5.74) is 5.70. The van der Waals surface area contributed by atoms with Crippen molar-refractivity contribution in [3.05, 3.63) is 33.9 Å². The first kappa shape index (κ1) is 27.2. The second kappa shape index (κ2) is 11.7. The molecule has 0 aliphatic rings. The molecule has 0 atom stereocenters. The zero-order chi connectivity index (χ0) is 23.8. The highest BCUT2D eigenvalue weighted by molar-refractivity contribution is 5.73. The maximum Gasteiger partial charge on any atom is 0.309 e. The van der Waals surface area contributed by atoms with Crippen LogP contribution < -0.4 is 0 Å². The quantitative estimate of drug-likeness (QED) is 0.309. The maximum absolute atomic E-state index is 11.3. The van der Waals surface area contributed by atoms with E-state index in [2.05, 4.69) is 26.8 Å². The molecule has 0 aliphatic heterocycles. The third-order valence-corrected chi connectivity index (χ3v) is 7.00. The van der Waals surface area contributed by atoms with E-state index in [1.165, 1.54) is 27.8 Å². The summed E-state index contributed by atoms with van der Waals surface area (Å²) in [4.78, 5) is 22.5. The third-order valence-electron chi connectivity index (χ3n) is 7.00. The second-order valence-corrected chi connectivity index (χ2v) is 10.6. The predicted octanol–water partition coefficient (Wildman–Crippen LogP) is 7.04. The van der Waals surface area contributed by atoms with Crippen LogP contribution in [0.3, 0.4) is 0 Å². The Kier molecular flexibility index (Phi) is 10.3. The van der Waals surface area contributed by atoms with Gasteiger partial charge in [0.2, 0.25) is 0 Å². The summed E-state index contributed by atoms with van der Waals surface area (Å²) in [6, 6.07) is 2.34. The predicted molar refractivity (Wildman–Crippen MR) is 128 cm³/mol. The molecule has 0 aromatic heterocycles. The lowest BCUT2D eigenvalue weighted by Gasteiger charge is -2.20. The average Bonchev–Trinajstić information content (AvgIpc) is 2.67. The summed E-state index contributed by atoms with van der Waals surface area (Å²) in [6.45, 7) is 13.8. The van der Waals surface area contributed by atoms with E-state index in [4.69, 9.17) is 0 Å². The van der Waals surface area contributed by atoms with Gasteiger partial charge in [-0.2, -0.15) is 0 Å². The molecule has 0 fully saturated rings. The molecule has 0 aliphatic carbocycles. The van der Waals surface area contributed by atoms with E-state index in [-0.39, 0.29) is 0 Å². The summed E-state index contributed by atoms with van der Waals surface area (Å²) >= 11 is 0. The van der Waals surface area contributed by atoms with Crippen LogP contribution in [0.25, 0.3) is 0 Å². The van der Waals surface area contributed by atoms with E-state index in [1.807, 2.05) is 0 Å². The van der Waals surface area contributed by atoms with Crippen LogP contribution in [0.2, 0.25) is 0 Å². The first-order chi connectivity index (χ1) is 14.3. The number of carbonyl (C=O) groups is 2. The Morgan fingerprint density at radius 2 is 1.16 bits per heavy atom. The van der Waals surface area contributed by atoms with E-state index < -0.39 is 22.8 Å². The van der Waals surface area contributed by atoms with Gasteiger partial charge in [-0.3, -0.25) is 9.59 Å². The molecular weight excluding hydrogens is 388 g/mol. The molecule has 0 saturated carbocycles. The summed E-state index contributed by atoms with van der Waals surface area (Å²) in [6.07, 6.45) is 9.79. The Hall–Kier alpha value is -1.84. The SMILES string of the molecule is Cc1cc(CCCCCCC(C)(C)C(=O)O)c(C)c(C)c1CCCCC(C)(C)C(=O)O. The summed E-state index contributed by atoms with van der Waals surface area (Å²) in [5, 5.41) is 18.5. The van der Waals surface area contributed by atoms with Gasteiger partial charge in [0.1, 0.15) is 0 Å². The lowest BCUT2D eigenvalue weighted by Crippen LogP contribution is -2.23. The highest BCUT2D eigenvalue weighted by Gasteiger charge is 2.26. The molecule has 1 aromatic carbocycles. The van der Waals surface area contributed by atoms with Crippen LogP contribution in [0.4, 0.5) is 0 Å². The Morgan fingerprint density at radius 3 is 1.68 bits per heavy atom. The first-order valence-electron chi connectivity index (χ1n) is 11.8. The molecule has 0 saturated heterocycles. The summed E-state index contributed by atoms with van der Waals surface area (Å²) in [7, 11) is 0. The molecule has 2 N–H and O–H groups in total. The van der Waals surface area contributed by atoms with Crippen molar-refractivity contribution in [2.75, 3.05) is 0 Å². The number of carboxylic acid groups (broad SMARTS) is 2. The van der Waals surface area contributed by atoms with Crippen molar-refractivity contribution in [1.29, 1.82) is 0 Å². The van der Waals surface area contributed by atoms with Crippen LogP contribution in [0.1, 0.15) is 107 Å². The van der Waals surface area contributed by atoms with Gasteiger partial charge in [0, 0.05) is 0 Å². The second-order valence-electron chi connectivity index (χ2n) is 10.6. The Bertz CT molecular complexity index is 759. The van der Waals surface area contributed by atoms with Gasteiger partial charge in [0.15, 0.2) is 0 Å². The van der Waals surface area contributed by atoms with Crippen molar-refractivity contribution in [2.24, 2.45) is 10.8 Å². The fourth-order valence-electron chi connectivity index (χ4n) is 4.18. The number of aryl methyl sites for hydroxylation is 2. The summed E-state index contributed by atoms with van der Waals surface area (Å²) < 4.78 is 0. The largest absolute Gasteiger partial charge is 0.481 e. The van der Waals surface area contributed by atoms with Crippen LogP contribution in [-0.2, 0) is 22.4 Å². The Labute approximate surface area is 189 Å². The molecular formula is C27H44O4. The minimum absolute atomic E-state index is 0.621. The number of hydrogen-bond donors (Lipinski definition) is 2. The average molecular weight is 433 g/mol. The molecule has 4 nitrogen and oxygen atoms in total. The van der Waals surface area contributed by atoms with Gasteiger partial charge in [0.25, 0.3) is 0 Å². The Morgan fingerprint density at radius 1 is 0.710 bits per heavy atom. The minimum atomic E-state index is -0.717. The van der Waals surface area contributed by atoms with Gasteiger partial charge in [-0.25, -0.2) is 0 Å². The molecule has 4 heteroatoms. The van der Waals surface area contributed by atoms with Crippen LogP contribution >= 0.6 is 0 Å². The fraction of sp³-hybridized carbons (Fsp3) is 0.704. The van der Waals surface area contributed by atoms with Crippen LogP contribution in [0, 0.1) is 31.6 Å². The number of benzene rings is 1. The third kappa shape index (κ3) is 8.31. The lowest BCUT2D eigenvalue weighted by molar-refractivity contribution is -0.148. The van der Waals surface area contributed by atoms with Crippen LogP contribution in [-0.4, -0.2) is 22.2 Å². The van der Waals surface area contributed by atoms with Gasteiger partial charge in [-0.05, 0) is 115 Å². The smallest absolute Gasteiger partial charge is 0.309 e. The van der Waals surface area contributed by atoms with Gasteiger partial charge in [-0.1, -0.05) is 31.7 Å². The van der Waals surface area contributed by atoms with Crippen molar-refractivity contribution >= 4 is 11.9 Å². The highest BCUT2D eigenvalue weighted by atomic mass is 16.4. The molecule has 0 heterocycles. The van der Waals surface area contributed by atoms with Gasteiger partial charge < -0.3 is 10.2 Å². The number of rotatable bonds is 14. The van der Waals surface area contributed by atoms with E-state index in [9.17, 15) is 19.8 Å². The molecule has 0 spiro atoms. The molecule has 1 aromatic rings. The van der Waals surface area contributed by atoms with Crippen LogP contribution in [0.15, 0.2) is 6.07 Å². The number of unbranched alkanes of at least 4 members (excludes halogenated alkanes) is 4. The first-order valence-corrected chi connectivity index (χ1v) is 11.8. The van der Waals surface area contributed by atoms with E-state index in [0.29, 0.717) is 6.42 Å². The molecule has 0 amide bonds. The topological polar surface area (TPSA) is 74.6 Å². The molecule has 176 valence electrons. The standard InChI is InChI=1S/C27H44O4/c1-19-18-22(14-10-8-9-12-16-26(4,5)24(28)29)20(2)21(3)23(19)15-11-13-17-27(6,7)25(30)31/h18H,8-17H2,1-7H3,(H,28,29)(H,30,31). The lowest BCUT2D eigenvalue weighted by atomic mass is 9.85. The van der Waals surface area contributed by atoms with E-state index >= 15 is 0 Å². The van der Waals surface area contributed by atoms with Crippen molar-refractivity contribution < 1.29 is 19.8 Å². The Balaban J connectivity index is 2.53. The maximum atomic E-state index is 11.3. The van der Waals surface area contributed by atoms with Crippen molar-refractivity contribution in [1.82, 2.24) is 0 Å². The monoisotopic (exact) mass is 432 g/mol. The fourth-order valence-corrected chi connectivity index (χ4v) is 4.18. The minimum Gasteiger partial charge on any atom is -0.481 e. The van der Waals surface area contributed by atoms with Crippen molar-refractivity contribution in [2.45, 2.75) is 113 Å². The number of aliphatic carboxylic acids is 2. The molecule has 0 bridgehead atoms. The summed E-state index contributed by atoms with van der Waals surface area (Å²) in [5.74, 6) is -1.43. The van der Waals surface area contributed by atoms with Gasteiger partial charge >= 0.3 is 11.9 Å². The van der Waals surface area contributed by atoms with Gasteiger partial charge in [0.05, 0.1) is 10.8 Å². The van der Waals surface area contributed by atoms with Gasteiger partial charge in [-0.15, -0.1) is 0 Å². The molecule has 31 heavy (non-hydrogen) atoms. The van der Waals surface area contributed by atoms with E-state index in [0.717, 1.165) is 57.8 Å². The zero-order valence-electron chi connectivity index (χ0n) is 20.9. The number of hydrogen-bond acceptors (Lipinski definition) is 2. The zero-order valence-corrected chi connectivity index (χ0v) is 20.9. The highest BCUT2D eigenvalue weighted by Crippen LogP contribution is 2.28. The van der Waals surface area contributed by atoms with Crippen molar-refractivity contribution in [3.63, 3.8) is 0 Å². The number of carboxylic acids is 2. The van der Waals surface area contributed by atoms with Crippen LogP contribution in [0.5, 0.6) is 0 Å². The molecule has 0 unspecified atom stereocenters. The normalized spacial score (nSPS) is 12.2. The molecule has 0 radical (unpaired) electrons. The van der Waals surface area contributed by atoms with Crippen molar-refractivity contribution in [3.8, 4) is 0 Å². The van der Waals surface area contributed by atoms with E-state index in [1.54, 1.807) is 27.7 Å².